The van der Waals surface area contributed by atoms with Crippen LogP contribution in [0.3, 0.4) is 0 Å². The predicted molar refractivity (Wildman–Crippen MR) is 105 cm³/mol. The van der Waals surface area contributed by atoms with Crippen LogP contribution in [0.2, 0.25) is 0 Å². The number of nitrogens with zero attached hydrogens (tertiary/aromatic N) is 1. The van der Waals surface area contributed by atoms with Crippen molar-refractivity contribution in [3.05, 3.63) is 70.4 Å². The molecule has 146 valence electrons. The van der Waals surface area contributed by atoms with Gasteiger partial charge < -0.3 is 10.3 Å². The van der Waals surface area contributed by atoms with Gasteiger partial charge in [-0.05, 0) is 49.2 Å². The number of fused-ring (bicyclic) bond motifs is 1. The lowest BCUT2D eigenvalue weighted by molar-refractivity contribution is -0.121. The molecule has 7 heteroatoms. The quantitative estimate of drug-likeness (QED) is 0.440. The highest BCUT2D eigenvalue weighted by atomic mass is 19.1. The van der Waals surface area contributed by atoms with Crippen LogP contribution in [0.4, 0.5) is 4.39 Å². The number of benzene rings is 2. The molecule has 3 aromatic rings. The maximum Gasteiger partial charge on any atom is 0.326 e. The summed E-state index contributed by atoms with van der Waals surface area (Å²) < 4.78 is 14.5. The van der Waals surface area contributed by atoms with Gasteiger partial charge in [-0.2, -0.15) is 0 Å². The molecule has 1 heterocycles. The summed E-state index contributed by atoms with van der Waals surface area (Å²) in [6, 6.07) is 12.9. The van der Waals surface area contributed by atoms with Crippen LogP contribution in [-0.2, 0) is 11.3 Å². The molecule has 3 rings (SSSR count). The lowest BCUT2D eigenvalue weighted by Crippen LogP contribution is -2.26. The van der Waals surface area contributed by atoms with Gasteiger partial charge in [0, 0.05) is 31.5 Å². The van der Waals surface area contributed by atoms with Crippen LogP contribution in [0.5, 0.6) is 0 Å². The van der Waals surface area contributed by atoms with Crippen molar-refractivity contribution in [3.8, 4) is 0 Å². The fourth-order valence-electron chi connectivity index (χ4n) is 3.07. The third kappa shape index (κ3) is 4.94. The minimum atomic E-state index is -0.383. The summed E-state index contributed by atoms with van der Waals surface area (Å²) in [4.78, 5) is 38.7. The van der Waals surface area contributed by atoms with Gasteiger partial charge in [-0.1, -0.05) is 12.1 Å². The molecule has 0 unspecified atom stereocenters. The number of aromatic nitrogens is 2. The number of hydrogen-bond acceptors (Lipinski definition) is 3. The average molecular weight is 383 g/mol. The van der Waals surface area contributed by atoms with Gasteiger partial charge in [-0.15, -0.1) is 0 Å². The van der Waals surface area contributed by atoms with Gasteiger partial charge in [0.25, 0.3) is 0 Å². The summed E-state index contributed by atoms with van der Waals surface area (Å²) in [5.41, 5.74) is 1.93. The number of ketones is 1. The van der Waals surface area contributed by atoms with Crippen LogP contribution < -0.4 is 11.0 Å². The SMILES string of the molecule is O=C(CCCC(=O)c1ccc(F)cc1)NCCCn1c(=O)[nH]c2ccccc21. The number of amides is 1. The van der Waals surface area contributed by atoms with E-state index in [1.165, 1.54) is 24.3 Å². The Kier molecular flexibility index (Phi) is 6.37. The lowest BCUT2D eigenvalue weighted by atomic mass is 10.1. The highest BCUT2D eigenvalue weighted by molar-refractivity contribution is 5.96. The number of hydrogen-bond donors (Lipinski definition) is 2. The standard InChI is InChI=1S/C21H22FN3O3/c22-16-11-9-15(10-12-16)19(26)7-3-8-20(27)23-13-4-14-25-18-6-2-1-5-17(18)24-21(25)28/h1-2,5-6,9-12H,3-4,7-8,13-14H2,(H,23,27)(H,24,28). The Morgan fingerprint density at radius 1 is 1.00 bits per heavy atom. The van der Waals surface area contributed by atoms with Crippen molar-refractivity contribution in [1.82, 2.24) is 14.9 Å². The first kappa shape index (κ1) is 19.5. The average Bonchev–Trinajstić information content (AvgIpc) is 3.01. The second-order valence-electron chi connectivity index (χ2n) is 6.59. The molecule has 0 aliphatic heterocycles. The molecule has 0 saturated carbocycles. The van der Waals surface area contributed by atoms with Gasteiger partial charge in [0.1, 0.15) is 5.82 Å². The summed E-state index contributed by atoms with van der Waals surface area (Å²) in [6.45, 7) is 0.961. The summed E-state index contributed by atoms with van der Waals surface area (Å²) in [5, 5.41) is 2.81. The van der Waals surface area contributed by atoms with E-state index in [0.29, 0.717) is 31.5 Å². The van der Waals surface area contributed by atoms with Crippen LogP contribution in [0.25, 0.3) is 11.0 Å². The van der Waals surface area contributed by atoms with E-state index in [2.05, 4.69) is 10.3 Å². The highest BCUT2D eigenvalue weighted by Gasteiger charge is 2.09. The minimum absolute atomic E-state index is 0.105. The molecule has 0 atom stereocenters. The molecule has 1 amide bonds. The molecular formula is C21H22FN3O3. The molecule has 0 bridgehead atoms. The molecule has 0 aliphatic carbocycles. The maximum absolute atomic E-state index is 12.9. The molecule has 28 heavy (non-hydrogen) atoms. The number of H-pyrrole nitrogens is 1. The second-order valence-corrected chi connectivity index (χ2v) is 6.59. The smallest absolute Gasteiger partial charge is 0.326 e. The lowest BCUT2D eigenvalue weighted by Gasteiger charge is -2.06. The first-order valence-electron chi connectivity index (χ1n) is 9.27. The molecule has 1 aromatic heterocycles. The fraction of sp³-hybridized carbons (Fsp3) is 0.286. The minimum Gasteiger partial charge on any atom is -0.356 e. The van der Waals surface area contributed by atoms with E-state index in [1.54, 1.807) is 4.57 Å². The van der Waals surface area contributed by atoms with E-state index in [0.717, 1.165) is 11.0 Å². The number of rotatable bonds is 9. The molecule has 0 saturated heterocycles. The van der Waals surface area contributed by atoms with E-state index >= 15 is 0 Å². The third-order valence-electron chi connectivity index (χ3n) is 4.54. The number of aryl methyl sites for hydroxylation is 1. The predicted octanol–water partition coefficient (Wildman–Crippen LogP) is 3.03. The van der Waals surface area contributed by atoms with Crippen molar-refractivity contribution in [3.63, 3.8) is 0 Å². The van der Waals surface area contributed by atoms with Crippen LogP contribution >= 0.6 is 0 Å². The molecule has 2 aromatic carbocycles. The summed E-state index contributed by atoms with van der Waals surface area (Å²) >= 11 is 0. The van der Waals surface area contributed by atoms with Crippen LogP contribution in [0.1, 0.15) is 36.0 Å². The van der Waals surface area contributed by atoms with Crippen LogP contribution in [0, 0.1) is 5.82 Å². The van der Waals surface area contributed by atoms with Crippen molar-refractivity contribution in [2.45, 2.75) is 32.2 Å². The van der Waals surface area contributed by atoms with Gasteiger partial charge in [0.2, 0.25) is 5.91 Å². The largest absolute Gasteiger partial charge is 0.356 e. The zero-order valence-electron chi connectivity index (χ0n) is 15.4. The molecule has 6 nitrogen and oxygen atoms in total. The van der Waals surface area contributed by atoms with Crippen LogP contribution in [0.15, 0.2) is 53.3 Å². The zero-order chi connectivity index (χ0) is 19.9. The van der Waals surface area contributed by atoms with Crippen molar-refractivity contribution in [2.24, 2.45) is 0 Å². The van der Waals surface area contributed by atoms with E-state index < -0.39 is 0 Å². The highest BCUT2D eigenvalue weighted by Crippen LogP contribution is 2.10. The number of nitrogens with one attached hydrogen (secondary N) is 2. The number of carbonyl (C=O) groups excluding carboxylic acids is 2. The Balaban J connectivity index is 1.36. The maximum atomic E-state index is 12.9. The molecule has 0 fully saturated rings. The first-order chi connectivity index (χ1) is 13.5. The van der Waals surface area contributed by atoms with Crippen molar-refractivity contribution < 1.29 is 14.0 Å². The van der Waals surface area contributed by atoms with Crippen LogP contribution in [-0.4, -0.2) is 27.8 Å². The Morgan fingerprint density at radius 3 is 2.54 bits per heavy atom. The second kappa shape index (κ2) is 9.12. The topological polar surface area (TPSA) is 84.0 Å². The van der Waals surface area contributed by atoms with E-state index in [-0.39, 0.29) is 36.0 Å². The van der Waals surface area contributed by atoms with Gasteiger partial charge in [0.15, 0.2) is 5.78 Å². The van der Waals surface area contributed by atoms with Gasteiger partial charge in [-0.3, -0.25) is 14.2 Å². The summed E-state index contributed by atoms with van der Waals surface area (Å²) in [5.74, 6) is -0.615. The number of carbonyl (C=O) groups is 2. The van der Waals surface area contributed by atoms with Gasteiger partial charge in [0.05, 0.1) is 11.0 Å². The molecule has 2 N–H and O–H groups in total. The van der Waals surface area contributed by atoms with Gasteiger partial charge in [-0.25, -0.2) is 9.18 Å². The van der Waals surface area contributed by atoms with E-state index in [9.17, 15) is 18.8 Å². The third-order valence-corrected chi connectivity index (χ3v) is 4.54. The molecular weight excluding hydrogens is 361 g/mol. The van der Waals surface area contributed by atoms with Crippen molar-refractivity contribution in [2.75, 3.05) is 6.54 Å². The number of imidazole rings is 1. The number of para-hydroxylation sites is 2. The Morgan fingerprint density at radius 2 is 1.75 bits per heavy atom. The van der Waals surface area contributed by atoms with E-state index in [1.807, 2.05) is 24.3 Å². The van der Waals surface area contributed by atoms with Crippen molar-refractivity contribution >= 4 is 22.7 Å². The molecule has 0 spiro atoms. The Bertz CT molecular complexity index is 1020. The summed E-state index contributed by atoms with van der Waals surface area (Å²) in [6.07, 6.45) is 1.55. The van der Waals surface area contributed by atoms with Gasteiger partial charge >= 0.3 is 5.69 Å². The fourth-order valence-corrected chi connectivity index (χ4v) is 3.07. The monoisotopic (exact) mass is 383 g/mol. The first-order valence-corrected chi connectivity index (χ1v) is 9.27. The number of Topliss-reactive ketones (excluding diaryl/α,β-unsaturated/α-hetero) is 1. The number of aromatic amines is 1. The van der Waals surface area contributed by atoms with E-state index in [4.69, 9.17) is 0 Å². The Labute approximate surface area is 161 Å². The van der Waals surface area contributed by atoms with Crippen molar-refractivity contribution in [1.29, 1.82) is 0 Å². The molecule has 0 radical (unpaired) electrons. The summed E-state index contributed by atoms with van der Waals surface area (Å²) in [7, 11) is 0. The number of halogens is 1. The molecule has 0 aliphatic rings. The Hall–Kier alpha value is -3.22. The zero-order valence-corrected chi connectivity index (χ0v) is 15.4. The normalized spacial score (nSPS) is 10.9.